The van der Waals surface area contributed by atoms with E-state index >= 15 is 0 Å². The summed E-state index contributed by atoms with van der Waals surface area (Å²) in [5.41, 5.74) is 4.36. The third-order valence-corrected chi connectivity index (χ3v) is 4.65. The fourth-order valence-electron chi connectivity index (χ4n) is 3.35. The molecule has 2 heterocycles. The molecule has 0 amide bonds. The van der Waals surface area contributed by atoms with Gasteiger partial charge in [0.2, 0.25) is 0 Å². The molecule has 3 heteroatoms. The second-order valence-corrected chi connectivity index (χ2v) is 6.04. The first kappa shape index (κ1) is 12.9. The van der Waals surface area contributed by atoms with Crippen molar-refractivity contribution in [2.45, 2.75) is 31.8 Å². The van der Waals surface area contributed by atoms with Gasteiger partial charge in [0.1, 0.15) is 0 Å². The predicted molar refractivity (Wildman–Crippen MR) is 80.8 cm³/mol. The highest BCUT2D eigenvalue weighted by atomic mass is 15.2. The van der Waals surface area contributed by atoms with Gasteiger partial charge in [-0.15, -0.1) is 0 Å². The molecule has 19 heavy (non-hydrogen) atoms. The second kappa shape index (κ2) is 5.51. The summed E-state index contributed by atoms with van der Waals surface area (Å²) in [6, 6.07) is 7.66. The predicted octanol–water partition coefficient (Wildman–Crippen LogP) is 1.86. The second-order valence-electron chi connectivity index (χ2n) is 6.04. The Labute approximate surface area is 116 Å². The van der Waals surface area contributed by atoms with Crippen LogP contribution in [0.5, 0.6) is 0 Å². The molecule has 1 saturated heterocycles. The van der Waals surface area contributed by atoms with Crippen molar-refractivity contribution in [2.24, 2.45) is 0 Å². The minimum Gasteiger partial charge on any atom is -0.374 e. The molecule has 3 nitrogen and oxygen atoms in total. The van der Waals surface area contributed by atoms with Gasteiger partial charge in [0, 0.05) is 38.4 Å². The number of fused-ring (bicyclic) bond motifs is 1. The normalized spacial score (nSPS) is 23.1. The molecule has 0 aromatic heterocycles. The summed E-state index contributed by atoms with van der Waals surface area (Å²) in [6.45, 7) is 4.55. The Hall–Kier alpha value is -1.06. The quantitative estimate of drug-likeness (QED) is 0.890. The third kappa shape index (κ3) is 2.77. The van der Waals surface area contributed by atoms with Crippen LogP contribution < -0.4 is 10.2 Å². The number of nitrogens with zero attached hydrogens (tertiary/aromatic N) is 2. The van der Waals surface area contributed by atoms with E-state index in [1.54, 1.807) is 0 Å². The van der Waals surface area contributed by atoms with Crippen molar-refractivity contribution in [2.75, 3.05) is 38.6 Å². The fraction of sp³-hybridized carbons (Fsp3) is 0.625. The van der Waals surface area contributed by atoms with E-state index in [0.29, 0.717) is 0 Å². The van der Waals surface area contributed by atoms with E-state index < -0.39 is 0 Å². The van der Waals surface area contributed by atoms with E-state index in [0.717, 1.165) is 19.1 Å². The van der Waals surface area contributed by atoms with Gasteiger partial charge in [0.25, 0.3) is 0 Å². The molecule has 1 atom stereocenters. The lowest BCUT2D eigenvalue weighted by Gasteiger charge is -2.20. The molecule has 2 aliphatic rings. The van der Waals surface area contributed by atoms with Crippen LogP contribution in [0.3, 0.4) is 0 Å². The van der Waals surface area contributed by atoms with Gasteiger partial charge in [-0.05, 0) is 50.0 Å². The Balaban J connectivity index is 1.53. The van der Waals surface area contributed by atoms with Crippen LogP contribution in [0, 0.1) is 0 Å². The van der Waals surface area contributed by atoms with Crippen LogP contribution in [0.4, 0.5) is 5.69 Å². The van der Waals surface area contributed by atoms with Gasteiger partial charge >= 0.3 is 0 Å². The maximum atomic E-state index is 3.62. The molecule has 1 fully saturated rings. The zero-order chi connectivity index (χ0) is 13.2. The van der Waals surface area contributed by atoms with Gasteiger partial charge in [-0.25, -0.2) is 0 Å². The van der Waals surface area contributed by atoms with E-state index in [2.05, 4.69) is 47.4 Å². The maximum absolute atomic E-state index is 3.62. The minimum atomic E-state index is 0.737. The minimum absolute atomic E-state index is 0.737. The summed E-state index contributed by atoms with van der Waals surface area (Å²) in [4.78, 5) is 4.82. The number of benzene rings is 1. The van der Waals surface area contributed by atoms with Crippen molar-refractivity contribution in [1.29, 1.82) is 0 Å². The zero-order valence-electron chi connectivity index (χ0n) is 12.2. The van der Waals surface area contributed by atoms with E-state index in [4.69, 9.17) is 0 Å². The number of likely N-dealkylation sites (tertiary alicyclic amines) is 1. The van der Waals surface area contributed by atoms with Crippen LogP contribution in [-0.2, 0) is 13.0 Å². The summed E-state index contributed by atoms with van der Waals surface area (Å²) in [7, 11) is 4.42. The third-order valence-electron chi connectivity index (χ3n) is 4.65. The van der Waals surface area contributed by atoms with Gasteiger partial charge in [-0.1, -0.05) is 12.1 Å². The van der Waals surface area contributed by atoms with E-state index in [1.807, 2.05) is 0 Å². The average molecular weight is 259 g/mol. The molecule has 1 aromatic rings. The van der Waals surface area contributed by atoms with Gasteiger partial charge in [0.15, 0.2) is 0 Å². The number of hydrogen-bond donors (Lipinski definition) is 1. The monoisotopic (exact) mass is 259 g/mol. The number of hydrogen-bond acceptors (Lipinski definition) is 3. The van der Waals surface area contributed by atoms with Crippen LogP contribution >= 0.6 is 0 Å². The zero-order valence-corrected chi connectivity index (χ0v) is 12.2. The van der Waals surface area contributed by atoms with E-state index in [1.165, 1.54) is 49.2 Å². The van der Waals surface area contributed by atoms with Gasteiger partial charge in [0.05, 0.1) is 0 Å². The van der Waals surface area contributed by atoms with Crippen LogP contribution in [-0.4, -0.2) is 44.7 Å². The largest absolute Gasteiger partial charge is 0.374 e. The van der Waals surface area contributed by atoms with Crippen LogP contribution in [0.2, 0.25) is 0 Å². The van der Waals surface area contributed by atoms with Crippen LogP contribution in [0.15, 0.2) is 18.2 Å². The molecule has 1 N–H and O–H groups in total. The highest BCUT2D eigenvalue weighted by Gasteiger charge is 2.20. The van der Waals surface area contributed by atoms with Crippen molar-refractivity contribution >= 4 is 5.69 Å². The topological polar surface area (TPSA) is 18.5 Å². The smallest absolute Gasteiger partial charge is 0.0397 e. The standard InChI is InChI=1S/C16H25N3/c1-18-8-3-4-15(18)12-17-11-13-5-6-16-14(10-13)7-9-19(16)2/h5-6,10,15,17H,3-4,7-9,11-12H2,1-2H3. The van der Waals surface area contributed by atoms with Crippen molar-refractivity contribution in [1.82, 2.24) is 10.2 Å². The van der Waals surface area contributed by atoms with E-state index in [-0.39, 0.29) is 0 Å². The lowest BCUT2D eigenvalue weighted by Crippen LogP contribution is -2.35. The molecule has 3 rings (SSSR count). The van der Waals surface area contributed by atoms with Crippen molar-refractivity contribution in [3.05, 3.63) is 29.3 Å². The molecule has 1 unspecified atom stereocenters. The Morgan fingerprint density at radius 3 is 2.95 bits per heavy atom. The summed E-state index contributed by atoms with van der Waals surface area (Å²) in [6.07, 6.45) is 3.90. The van der Waals surface area contributed by atoms with E-state index in [9.17, 15) is 0 Å². The van der Waals surface area contributed by atoms with Crippen LogP contribution in [0.25, 0.3) is 0 Å². The number of rotatable bonds is 4. The molecule has 2 aliphatic heterocycles. The fourth-order valence-corrected chi connectivity index (χ4v) is 3.35. The van der Waals surface area contributed by atoms with Gasteiger partial charge in [-0.2, -0.15) is 0 Å². The molecule has 104 valence electrons. The molecule has 0 spiro atoms. The van der Waals surface area contributed by atoms with Crippen LogP contribution in [0.1, 0.15) is 24.0 Å². The first-order valence-electron chi connectivity index (χ1n) is 7.48. The maximum Gasteiger partial charge on any atom is 0.0397 e. The Bertz CT molecular complexity index is 444. The van der Waals surface area contributed by atoms with Gasteiger partial charge in [-0.3, -0.25) is 0 Å². The average Bonchev–Trinajstić information content (AvgIpc) is 2.97. The van der Waals surface area contributed by atoms with Crippen molar-refractivity contribution in [3.63, 3.8) is 0 Å². The Morgan fingerprint density at radius 2 is 2.16 bits per heavy atom. The molecule has 0 radical (unpaired) electrons. The number of likely N-dealkylation sites (N-methyl/N-ethyl adjacent to an activating group) is 2. The first-order chi connectivity index (χ1) is 9.24. The Morgan fingerprint density at radius 1 is 1.26 bits per heavy atom. The van der Waals surface area contributed by atoms with Crippen molar-refractivity contribution < 1.29 is 0 Å². The molecule has 0 aliphatic carbocycles. The number of nitrogens with one attached hydrogen (secondary N) is 1. The summed E-state index contributed by atoms with van der Waals surface area (Å²) < 4.78 is 0. The molecular formula is C16H25N3. The molecular weight excluding hydrogens is 234 g/mol. The lowest BCUT2D eigenvalue weighted by atomic mass is 10.1. The summed E-state index contributed by atoms with van der Waals surface area (Å²) in [5, 5.41) is 3.62. The molecule has 1 aromatic carbocycles. The number of anilines is 1. The highest BCUT2D eigenvalue weighted by molar-refractivity contribution is 5.58. The molecule has 0 bridgehead atoms. The summed E-state index contributed by atoms with van der Waals surface area (Å²) >= 11 is 0. The summed E-state index contributed by atoms with van der Waals surface area (Å²) in [5.74, 6) is 0. The van der Waals surface area contributed by atoms with Gasteiger partial charge < -0.3 is 15.1 Å². The SMILES string of the molecule is CN1CCc2cc(CNCC3CCCN3C)ccc21. The molecule has 0 saturated carbocycles. The van der Waals surface area contributed by atoms with Crippen molar-refractivity contribution in [3.8, 4) is 0 Å². The highest BCUT2D eigenvalue weighted by Crippen LogP contribution is 2.27. The Kier molecular flexibility index (Phi) is 3.76. The first-order valence-corrected chi connectivity index (χ1v) is 7.48. The lowest BCUT2D eigenvalue weighted by molar-refractivity contribution is 0.300.